The second-order valence-electron chi connectivity index (χ2n) is 6.84. The number of amides is 1. The van der Waals surface area contributed by atoms with Crippen LogP contribution in [0.15, 0.2) is 41.3 Å². The lowest BCUT2D eigenvalue weighted by atomic mass is 10.2. The molecule has 8 heteroatoms. The van der Waals surface area contributed by atoms with Crippen LogP contribution in [-0.2, 0) is 14.8 Å². The molecule has 0 radical (unpaired) electrons. The van der Waals surface area contributed by atoms with Crippen LogP contribution in [0.2, 0.25) is 0 Å². The highest BCUT2D eigenvalue weighted by atomic mass is 32.2. The van der Waals surface area contributed by atoms with Crippen LogP contribution in [0.4, 0.5) is 10.8 Å². The topological polar surface area (TPSA) is 88.2 Å². The molecule has 140 valence electrons. The molecule has 1 aliphatic carbocycles. The van der Waals surface area contributed by atoms with Gasteiger partial charge in [-0.25, -0.2) is 13.4 Å². The maximum atomic E-state index is 12.6. The molecule has 0 aliphatic heterocycles. The summed E-state index contributed by atoms with van der Waals surface area (Å²) in [5, 5.41) is 3.23. The van der Waals surface area contributed by atoms with Gasteiger partial charge in [0, 0.05) is 11.6 Å². The normalized spacial score (nSPS) is 14.3. The summed E-state index contributed by atoms with van der Waals surface area (Å²) in [5.74, 6) is 0.165. The summed E-state index contributed by atoms with van der Waals surface area (Å²) in [6.45, 7) is 3.80. The third-order valence-electron chi connectivity index (χ3n) is 4.45. The van der Waals surface area contributed by atoms with Gasteiger partial charge in [-0.3, -0.25) is 9.52 Å². The van der Waals surface area contributed by atoms with Crippen LogP contribution >= 0.6 is 11.3 Å². The summed E-state index contributed by atoms with van der Waals surface area (Å²) < 4.78 is 28.5. The van der Waals surface area contributed by atoms with Crippen LogP contribution in [-0.4, -0.2) is 19.3 Å². The van der Waals surface area contributed by atoms with Crippen LogP contribution in [0, 0.1) is 19.8 Å². The van der Waals surface area contributed by atoms with Gasteiger partial charge in [0.05, 0.1) is 15.1 Å². The second kappa shape index (κ2) is 6.61. The van der Waals surface area contributed by atoms with E-state index in [0.717, 1.165) is 34.2 Å². The Hall–Kier alpha value is -2.45. The van der Waals surface area contributed by atoms with Gasteiger partial charge in [0.1, 0.15) is 0 Å². The van der Waals surface area contributed by atoms with Crippen LogP contribution in [0.3, 0.4) is 0 Å². The van der Waals surface area contributed by atoms with Gasteiger partial charge < -0.3 is 5.32 Å². The Bertz CT molecular complexity index is 1130. The number of thiazole rings is 1. The number of rotatable bonds is 5. The molecule has 2 N–H and O–H groups in total. The van der Waals surface area contributed by atoms with Crippen molar-refractivity contribution >= 4 is 48.3 Å². The largest absolute Gasteiger partial charge is 0.326 e. The lowest BCUT2D eigenvalue weighted by Gasteiger charge is -2.05. The van der Waals surface area contributed by atoms with E-state index in [1.807, 2.05) is 26.0 Å². The maximum absolute atomic E-state index is 12.6. The highest BCUT2D eigenvalue weighted by Gasteiger charge is 2.29. The third kappa shape index (κ3) is 3.81. The number of benzene rings is 2. The van der Waals surface area contributed by atoms with Gasteiger partial charge in [-0.15, -0.1) is 0 Å². The standard InChI is InChI=1S/C19H19N3O3S2/c1-11-3-7-15(8-4-11)27(24,25)22-19-21-17-12(2)9-14(10-16(17)26-19)20-18(23)13-5-6-13/h3-4,7-10,13H,5-6H2,1-2H3,(H,20,23)(H,21,22). The fraction of sp³-hybridized carbons (Fsp3) is 0.263. The fourth-order valence-electron chi connectivity index (χ4n) is 2.79. The molecule has 6 nitrogen and oxygen atoms in total. The van der Waals surface area contributed by atoms with E-state index in [0.29, 0.717) is 10.8 Å². The number of hydrogen-bond acceptors (Lipinski definition) is 5. The highest BCUT2D eigenvalue weighted by molar-refractivity contribution is 7.93. The van der Waals surface area contributed by atoms with E-state index in [9.17, 15) is 13.2 Å². The molecule has 3 aromatic rings. The van der Waals surface area contributed by atoms with Crippen molar-refractivity contribution < 1.29 is 13.2 Å². The minimum atomic E-state index is -3.69. The zero-order valence-electron chi connectivity index (χ0n) is 14.9. The molecule has 0 atom stereocenters. The van der Waals surface area contributed by atoms with E-state index < -0.39 is 10.0 Å². The summed E-state index contributed by atoms with van der Waals surface area (Å²) in [6, 6.07) is 10.4. The van der Waals surface area contributed by atoms with Gasteiger partial charge >= 0.3 is 0 Å². The third-order valence-corrected chi connectivity index (χ3v) is 6.86. The quantitative estimate of drug-likeness (QED) is 0.675. The van der Waals surface area contributed by atoms with Crippen molar-refractivity contribution in [2.75, 3.05) is 10.0 Å². The Kier molecular flexibility index (Phi) is 4.39. The van der Waals surface area contributed by atoms with Gasteiger partial charge in [-0.05, 0) is 56.5 Å². The van der Waals surface area contributed by atoms with Crippen molar-refractivity contribution in [2.24, 2.45) is 5.92 Å². The Labute approximate surface area is 161 Å². The number of aryl methyl sites for hydroxylation is 2. The number of nitrogens with one attached hydrogen (secondary N) is 2. The molecule has 1 saturated carbocycles. The number of aromatic nitrogens is 1. The molecule has 1 aromatic heterocycles. The average Bonchev–Trinajstić information content (AvgIpc) is 3.37. The number of carbonyl (C=O) groups excluding carboxylic acids is 1. The minimum absolute atomic E-state index is 0.0403. The van der Waals surface area contributed by atoms with Crippen LogP contribution in [0.25, 0.3) is 10.2 Å². The SMILES string of the molecule is Cc1ccc(S(=O)(=O)Nc2nc3c(C)cc(NC(=O)C4CC4)cc3s2)cc1. The van der Waals surface area contributed by atoms with Crippen LogP contribution in [0.5, 0.6) is 0 Å². The fourth-order valence-corrected chi connectivity index (χ4v) is 5.01. The molecule has 2 aromatic carbocycles. The van der Waals surface area contributed by atoms with Crippen molar-refractivity contribution in [3.63, 3.8) is 0 Å². The molecular weight excluding hydrogens is 382 g/mol. The van der Waals surface area contributed by atoms with Crippen molar-refractivity contribution in [1.29, 1.82) is 0 Å². The first kappa shape index (κ1) is 17.9. The number of sulfonamides is 1. The Morgan fingerprint density at radius 3 is 2.52 bits per heavy atom. The predicted octanol–water partition coefficient (Wildman–Crippen LogP) is 4.06. The summed E-state index contributed by atoms with van der Waals surface area (Å²) in [5.41, 5.74) is 3.32. The molecule has 1 heterocycles. The van der Waals surface area contributed by atoms with Gasteiger partial charge in [0.15, 0.2) is 5.13 Å². The Morgan fingerprint density at radius 2 is 1.85 bits per heavy atom. The van der Waals surface area contributed by atoms with Gasteiger partial charge in [-0.2, -0.15) is 0 Å². The number of hydrogen-bond donors (Lipinski definition) is 2. The molecule has 27 heavy (non-hydrogen) atoms. The van der Waals surface area contributed by atoms with Gasteiger partial charge in [-0.1, -0.05) is 29.0 Å². The van der Waals surface area contributed by atoms with Crippen molar-refractivity contribution in [3.8, 4) is 0 Å². The summed E-state index contributed by atoms with van der Waals surface area (Å²) >= 11 is 1.25. The van der Waals surface area contributed by atoms with Gasteiger partial charge in [0.2, 0.25) is 5.91 Å². The molecule has 0 saturated heterocycles. The molecule has 1 amide bonds. The number of fused-ring (bicyclic) bond motifs is 1. The molecule has 0 spiro atoms. The summed E-state index contributed by atoms with van der Waals surface area (Å²) in [4.78, 5) is 16.6. The molecule has 1 fully saturated rings. The van der Waals surface area contributed by atoms with E-state index in [1.165, 1.54) is 11.3 Å². The summed E-state index contributed by atoms with van der Waals surface area (Å²) in [7, 11) is -3.69. The van der Waals surface area contributed by atoms with E-state index in [2.05, 4.69) is 15.0 Å². The molecule has 4 rings (SSSR count). The van der Waals surface area contributed by atoms with Crippen LogP contribution < -0.4 is 10.0 Å². The Morgan fingerprint density at radius 1 is 1.15 bits per heavy atom. The zero-order chi connectivity index (χ0) is 19.2. The lowest BCUT2D eigenvalue weighted by molar-refractivity contribution is -0.117. The molecule has 0 bridgehead atoms. The van der Waals surface area contributed by atoms with E-state index in [-0.39, 0.29) is 16.7 Å². The minimum Gasteiger partial charge on any atom is -0.326 e. The number of nitrogens with zero attached hydrogens (tertiary/aromatic N) is 1. The predicted molar refractivity (Wildman–Crippen MR) is 108 cm³/mol. The Balaban J connectivity index is 1.61. The molecular formula is C19H19N3O3S2. The first-order chi connectivity index (χ1) is 12.8. The van der Waals surface area contributed by atoms with E-state index in [1.54, 1.807) is 24.3 Å². The number of carbonyl (C=O) groups is 1. The maximum Gasteiger partial charge on any atom is 0.263 e. The van der Waals surface area contributed by atoms with E-state index in [4.69, 9.17) is 0 Å². The molecule has 0 unspecified atom stereocenters. The monoisotopic (exact) mass is 401 g/mol. The zero-order valence-corrected chi connectivity index (χ0v) is 16.6. The second-order valence-corrected chi connectivity index (χ2v) is 9.55. The first-order valence-electron chi connectivity index (χ1n) is 8.63. The average molecular weight is 402 g/mol. The number of anilines is 2. The van der Waals surface area contributed by atoms with E-state index >= 15 is 0 Å². The highest BCUT2D eigenvalue weighted by Crippen LogP contribution is 2.34. The smallest absolute Gasteiger partial charge is 0.263 e. The van der Waals surface area contributed by atoms with Crippen LogP contribution in [0.1, 0.15) is 24.0 Å². The first-order valence-corrected chi connectivity index (χ1v) is 10.9. The summed E-state index contributed by atoms with van der Waals surface area (Å²) in [6.07, 6.45) is 1.89. The van der Waals surface area contributed by atoms with Crippen molar-refractivity contribution in [2.45, 2.75) is 31.6 Å². The van der Waals surface area contributed by atoms with Gasteiger partial charge in [0.25, 0.3) is 10.0 Å². The molecule has 1 aliphatic rings. The lowest BCUT2D eigenvalue weighted by Crippen LogP contribution is -2.13. The van der Waals surface area contributed by atoms with Crippen molar-refractivity contribution in [1.82, 2.24) is 4.98 Å². The van der Waals surface area contributed by atoms with Crippen molar-refractivity contribution in [3.05, 3.63) is 47.5 Å².